The maximum absolute atomic E-state index is 14.8. The van der Waals surface area contributed by atoms with Crippen molar-refractivity contribution in [3.8, 4) is 11.5 Å². The molecular formula is C32H30ClFN4O4. The average Bonchev–Trinajstić information content (AvgIpc) is 3.47. The number of benzene rings is 3. The third-order valence-electron chi connectivity index (χ3n) is 8.24. The molecule has 10 heteroatoms. The van der Waals surface area contributed by atoms with Gasteiger partial charge in [0, 0.05) is 42.9 Å². The van der Waals surface area contributed by atoms with Crippen LogP contribution in [0.15, 0.2) is 60.7 Å². The van der Waals surface area contributed by atoms with Crippen molar-refractivity contribution in [2.24, 2.45) is 0 Å². The van der Waals surface area contributed by atoms with Crippen LogP contribution in [-0.4, -0.2) is 46.7 Å². The van der Waals surface area contributed by atoms with Crippen molar-refractivity contribution >= 4 is 40.3 Å². The zero-order valence-corrected chi connectivity index (χ0v) is 23.9. The van der Waals surface area contributed by atoms with Crippen LogP contribution in [0.1, 0.15) is 36.7 Å². The van der Waals surface area contributed by atoms with Crippen LogP contribution in [0, 0.1) is 5.82 Å². The zero-order chi connectivity index (χ0) is 28.8. The fourth-order valence-electron chi connectivity index (χ4n) is 5.94. The summed E-state index contributed by atoms with van der Waals surface area (Å²) in [4.78, 5) is 18.3. The van der Waals surface area contributed by atoms with Crippen LogP contribution in [0.4, 0.5) is 10.1 Å². The van der Waals surface area contributed by atoms with Crippen LogP contribution in [0.3, 0.4) is 0 Å². The van der Waals surface area contributed by atoms with E-state index in [0.717, 1.165) is 72.8 Å². The molecule has 1 fully saturated rings. The molecule has 3 aliphatic rings. The quantitative estimate of drug-likeness (QED) is 0.250. The first-order valence-electron chi connectivity index (χ1n) is 14.1. The third-order valence-corrected chi connectivity index (χ3v) is 8.47. The molecule has 1 unspecified atom stereocenters. The predicted molar refractivity (Wildman–Crippen MR) is 158 cm³/mol. The molecule has 3 aromatic carbocycles. The second-order valence-electron chi connectivity index (χ2n) is 11.0. The second-order valence-corrected chi connectivity index (χ2v) is 11.4. The molecule has 0 spiro atoms. The number of nitrogens with one attached hydrogen (secondary N) is 1. The van der Waals surface area contributed by atoms with E-state index in [1.54, 1.807) is 19.1 Å². The van der Waals surface area contributed by atoms with Crippen LogP contribution >= 0.6 is 11.6 Å². The highest BCUT2D eigenvalue weighted by Gasteiger charge is 2.42. The normalized spacial score (nSPS) is 21.7. The Kier molecular flexibility index (Phi) is 6.88. The summed E-state index contributed by atoms with van der Waals surface area (Å²) in [5, 5.41) is 3.03. The predicted octanol–water partition coefficient (Wildman–Crippen LogP) is 6.12. The summed E-state index contributed by atoms with van der Waals surface area (Å²) >= 11 is 5.97. The number of carbonyl (C=O) groups is 1. The number of aromatic nitrogens is 2. The first kappa shape index (κ1) is 26.9. The van der Waals surface area contributed by atoms with Gasteiger partial charge in [-0.05, 0) is 60.9 Å². The van der Waals surface area contributed by atoms with E-state index in [1.807, 2.05) is 36.4 Å². The number of nitrogens with zero attached hydrogens (tertiary/aromatic N) is 3. The molecule has 7 rings (SSSR count). The Morgan fingerprint density at radius 1 is 1.19 bits per heavy atom. The van der Waals surface area contributed by atoms with Crippen molar-refractivity contribution < 1.29 is 23.4 Å². The first-order chi connectivity index (χ1) is 20.4. The number of rotatable bonds is 8. The molecule has 1 saturated heterocycles. The SMILES string of the molecule is CC1(c2ccc(Cl)cc2F)Oc2cccc(C3=CCN(Cc4nc5cc(NC=O)ccc5n4C[C@@H]4CCO4)CC3)c2O1. The van der Waals surface area contributed by atoms with Crippen LogP contribution < -0.4 is 14.8 Å². The maximum atomic E-state index is 14.8. The summed E-state index contributed by atoms with van der Waals surface area (Å²) < 4.78 is 35.3. The lowest BCUT2D eigenvalue weighted by Gasteiger charge is -2.29. The van der Waals surface area contributed by atoms with Crippen LogP contribution in [0.2, 0.25) is 5.02 Å². The van der Waals surface area contributed by atoms with Gasteiger partial charge in [0.2, 0.25) is 6.41 Å². The minimum absolute atomic E-state index is 0.191. The molecule has 2 atom stereocenters. The summed E-state index contributed by atoms with van der Waals surface area (Å²) in [5.41, 5.74) is 5.00. The van der Waals surface area contributed by atoms with Gasteiger partial charge in [0.15, 0.2) is 11.5 Å². The molecule has 42 heavy (non-hydrogen) atoms. The van der Waals surface area contributed by atoms with Gasteiger partial charge in [0.05, 0.1) is 35.8 Å². The van der Waals surface area contributed by atoms with Crippen LogP contribution in [0.5, 0.6) is 11.5 Å². The van der Waals surface area contributed by atoms with Crippen molar-refractivity contribution in [1.29, 1.82) is 0 Å². The summed E-state index contributed by atoms with van der Waals surface area (Å²) in [6.07, 6.45) is 4.93. The Balaban J connectivity index is 1.11. The molecule has 0 saturated carbocycles. The van der Waals surface area contributed by atoms with E-state index in [1.165, 1.54) is 6.07 Å². The van der Waals surface area contributed by atoms with Crippen molar-refractivity contribution in [2.75, 3.05) is 25.0 Å². The molecule has 4 heterocycles. The molecule has 1 amide bonds. The molecule has 0 bridgehead atoms. The Morgan fingerprint density at radius 2 is 2.07 bits per heavy atom. The Hall–Kier alpha value is -3.92. The largest absolute Gasteiger partial charge is 0.444 e. The molecule has 4 aromatic rings. The highest BCUT2D eigenvalue weighted by atomic mass is 35.5. The minimum atomic E-state index is -1.29. The van der Waals surface area contributed by atoms with Crippen LogP contribution in [-0.2, 0) is 28.4 Å². The van der Waals surface area contributed by atoms with Crippen molar-refractivity contribution in [3.63, 3.8) is 0 Å². The number of hydrogen-bond acceptors (Lipinski definition) is 6. The van der Waals surface area contributed by atoms with Crippen LogP contribution in [0.25, 0.3) is 16.6 Å². The highest BCUT2D eigenvalue weighted by Crippen LogP contribution is 2.49. The van der Waals surface area contributed by atoms with E-state index < -0.39 is 11.6 Å². The zero-order valence-electron chi connectivity index (χ0n) is 23.1. The first-order valence-corrected chi connectivity index (χ1v) is 14.5. The van der Waals surface area contributed by atoms with E-state index in [9.17, 15) is 9.18 Å². The lowest BCUT2D eigenvalue weighted by atomic mass is 9.98. The van der Waals surface area contributed by atoms with Gasteiger partial charge < -0.3 is 24.1 Å². The number of amides is 1. The monoisotopic (exact) mass is 588 g/mol. The molecule has 1 aromatic heterocycles. The van der Waals surface area contributed by atoms with E-state index in [-0.39, 0.29) is 6.10 Å². The fourth-order valence-corrected chi connectivity index (χ4v) is 6.10. The van der Waals surface area contributed by atoms with Gasteiger partial charge in [-0.3, -0.25) is 9.69 Å². The summed E-state index contributed by atoms with van der Waals surface area (Å²) in [7, 11) is 0. The lowest BCUT2D eigenvalue weighted by molar-refractivity contribution is -0.105. The number of fused-ring (bicyclic) bond motifs is 2. The summed E-state index contributed by atoms with van der Waals surface area (Å²) in [6, 6.07) is 16.1. The van der Waals surface area contributed by atoms with Gasteiger partial charge in [0.25, 0.3) is 5.79 Å². The number of imidazole rings is 1. The smallest absolute Gasteiger partial charge is 0.278 e. The number of hydrogen-bond donors (Lipinski definition) is 1. The summed E-state index contributed by atoms with van der Waals surface area (Å²) in [5.74, 6) is 0.412. The molecular weight excluding hydrogens is 559 g/mol. The molecule has 216 valence electrons. The van der Waals surface area contributed by atoms with Gasteiger partial charge in [-0.15, -0.1) is 0 Å². The second kappa shape index (κ2) is 10.7. The molecule has 3 aliphatic heterocycles. The molecule has 1 N–H and O–H groups in total. The third kappa shape index (κ3) is 4.91. The van der Waals surface area contributed by atoms with Crippen molar-refractivity contribution in [2.45, 2.75) is 44.7 Å². The van der Waals surface area contributed by atoms with E-state index >= 15 is 0 Å². The molecule has 0 aliphatic carbocycles. The van der Waals surface area contributed by atoms with Gasteiger partial charge in [-0.2, -0.15) is 0 Å². The topological polar surface area (TPSA) is 77.9 Å². The fraction of sp³-hybridized carbons (Fsp3) is 0.312. The van der Waals surface area contributed by atoms with Gasteiger partial charge in [-0.25, -0.2) is 9.37 Å². The number of ether oxygens (including phenoxy) is 3. The van der Waals surface area contributed by atoms with Gasteiger partial charge in [0.1, 0.15) is 11.6 Å². The lowest BCUT2D eigenvalue weighted by Crippen LogP contribution is -2.33. The van der Waals surface area contributed by atoms with E-state index in [0.29, 0.717) is 35.0 Å². The molecule has 8 nitrogen and oxygen atoms in total. The van der Waals surface area contributed by atoms with Crippen molar-refractivity contribution in [1.82, 2.24) is 14.5 Å². The Bertz CT molecular complexity index is 1720. The van der Waals surface area contributed by atoms with Gasteiger partial charge in [-0.1, -0.05) is 29.8 Å². The Labute approximate surface area is 247 Å². The van der Waals surface area contributed by atoms with Crippen molar-refractivity contribution in [3.05, 3.63) is 88.5 Å². The number of halogens is 2. The minimum Gasteiger partial charge on any atom is -0.444 e. The standard InChI is InChI=1S/C32H30ClFN4O4/c1-32(25-7-5-21(33)15-26(25)34)41-29-4-2-3-24(31(29)42-32)20-9-12-37(13-10-20)18-30-36-27-16-22(35-19-39)6-8-28(27)38(30)17-23-11-14-40-23/h2-9,15-16,19,23H,10-14,17-18H2,1H3,(H,35,39)/t23-,32?/m0/s1. The highest BCUT2D eigenvalue weighted by molar-refractivity contribution is 6.30. The van der Waals surface area contributed by atoms with E-state index in [4.69, 9.17) is 30.8 Å². The van der Waals surface area contributed by atoms with E-state index in [2.05, 4.69) is 20.9 Å². The number of carbonyl (C=O) groups excluding carboxylic acids is 1. The maximum Gasteiger partial charge on any atom is 0.278 e. The average molecular weight is 589 g/mol. The Morgan fingerprint density at radius 3 is 2.81 bits per heavy atom. The number of para-hydroxylation sites is 1. The number of anilines is 1. The van der Waals surface area contributed by atoms with Gasteiger partial charge >= 0.3 is 0 Å². The molecule has 0 radical (unpaired) electrons. The summed E-state index contributed by atoms with van der Waals surface area (Å²) in [6.45, 7) is 5.53.